The number of rotatable bonds is 5. The van der Waals surface area contributed by atoms with Crippen LogP contribution in [0.3, 0.4) is 0 Å². The largest absolute Gasteiger partial charge is 0.462 e. The average Bonchev–Trinajstić information content (AvgIpc) is 2.57. The van der Waals surface area contributed by atoms with Gasteiger partial charge in [-0.1, -0.05) is 24.3 Å². The summed E-state index contributed by atoms with van der Waals surface area (Å²) < 4.78 is 4.55. The number of hydrogen-bond donors (Lipinski definition) is 1. The molecule has 1 heterocycles. The van der Waals surface area contributed by atoms with E-state index in [9.17, 15) is 9.59 Å². The van der Waals surface area contributed by atoms with Crippen LogP contribution < -0.4 is 5.32 Å². The van der Waals surface area contributed by atoms with Crippen LogP contribution in [-0.4, -0.2) is 31.4 Å². The summed E-state index contributed by atoms with van der Waals surface area (Å²) in [6, 6.07) is 10.2. The van der Waals surface area contributed by atoms with Crippen LogP contribution in [0.25, 0.3) is 0 Å². The molecule has 1 aromatic rings. The Kier molecular flexibility index (Phi) is 8.30. The zero-order valence-corrected chi connectivity index (χ0v) is 15.4. The summed E-state index contributed by atoms with van der Waals surface area (Å²) in [5.74, 6) is 0. The molecule has 0 atom stereocenters. The summed E-state index contributed by atoms with van der Waals surface area (Å²) in [6.45, 7) is 7.76. The zero-order valence-electron chi connectivity index (χ0n) is 15.4. The van der Waals surface area contributed by atoms with Crippen LogP contribution in [0.4, 0.5) is 0 Å². The average molecular weight is 344 g/mol. The third-order valence-electron chi connectivity index (χ3n) is 4.11. The second kappa shape index (κ2) is 9.95. The van der Waals surface area contributed by atoms with Crippen LogP contribution in [0, 0.1) is 16.7 Å². The molecule has 0 amide bonds. The monoisotopic (exact) mass is 344 g/mol. The molecule has 0 saturated carbocycles. The van der Waals surface area contributed by atoms with Crippen LogP contribution >= 0.6 is 0 Å². The fraction of sp³-hybridized carbons (Fsp3) is 0.550. The van der Waals surface area contributed by atoms with Crippen LogP contribution in [-0.2, 0) is 27.2 Å². The van der Waals surface area contributed by atoms with Gasteiger partial charge in [0, 0.05) is 5.41 Å². The Labute approximate surface area is 150 Å². The van der Waals surface area contributed by atoms with Crippen molar-refractivity contribution in [2.45, 2.75) is 52.1 Å². The molecule has 1 aliphatic heterocycles. The molecule has 0 aromatic heterocycles. The minimum Gasteiger partial charge on any atom is -0.462 e. The van der Waals surface area contributed by atoms with E-state index < -0.39 is 0 Å². The van der Waals surface area contributed by atoms with Gasteiger partial charge in [0.2, 0.25) is 0 Å². The van der Waals surface area contributed by atoms with Crippen molar-refractivity contribution in [3.8, 4) is 6.07 Å². The highest BCUT2D eigenvalue weighted by atomic mass is 16.5. The zero-order chi connectivity index (χ0) is 18.8. The fourth-order valence-corrected chi connectivity index (χ4v) is 2.68. The number of aldehydes is 1. The lowest BCUT2D eigenvalue weighted by molar-refractivity contribution is -0.138. The predicted octanol–water partition coefficient (Wildman–Crippen LogP) is 2.82. The summed E-state index contributed by atoms with van der Waals surface area (Å²) in [5.41, 5.74) is 1.71. The molecule has 1 saturated heterocycles. The smallest absolute Gasteiger partial charge is 0.293 e. The SMILES string of the molecule is CC(C)(C)OC=O.N#CCc1ccc(CC2(C=O)CCNCC2)cc1. The van der Waals surface area contributed by atoms with Gasteiger partial charge in [0.15, 0.2) is 0 Å². The minimum atomic E-state index is -0.318. The second-order valence-electron chi connectivity index (χ2n) is 7.38. The molecular weight excluding hydrogens is 316 g/mol. The number of nitrogens with one attached hydrogen (secondary N) is 1. The van der Waals surface area contributed by atoms with Crippen molar-refractivity contribution in [3.63, 3.8) is 0 Å². The van der Waals surface area contributed by atoms with Gasteiger partial charge >= 0.3 is 0 Å². The number of piperidine rings is 1. The van der Waals surface area contributed by atoms with Crippen LogP contribution in [0.2, 0.25) is 0 Å². The molecule has 0 aliphatic carbocycles. The fourth-order valence-electron chi connectivity index (χ4n) is 2.68. The number of hydrogen-bond acceptors (Lipinski definition) is 5. The molecule has 5 heteroatoms. The molecule has 0 radical (unpaired) electrons. The molecule has 1 aliphatic rings. The number of nitriles is 1. The molecule has 1 aromatic carbocycles. The van der Waals surface area contributed by atoms with Crippen LogP contribution in [0.15, 0.2) is 24.3 Å². The number of benzene rings is 1. The first kappa shape index (κ1) is 20.9. The van der Waals surface area contributed by atoms with Gasteiger partial charge in [-0.05, 0) is 64.3 Å². The van der Waals surface area contributed by atoms with Gasteiger partial charge in [0.1, 0.15) is 11.9 Å². The van der Waals surface area contributed by atoms with E-state index in [-0.39, 0.29) is 11.0 Å². The number of carbonyl (C=O) groups is 2. The van der Waals surface area contributed by atoms with Crippen molar-refractivity contribution >= 4 is 12.8 Å². The Morgan fingerprint density at radius 1 is 1.16 bits per heavy atom. The highest BCUT2D eigenvalue weighted by Gasteiger charge is 2.31. The summed E-state index contributed by atoms with van der Waals surface area (Å²) in [4.78, 5) is 21.0. The first-order valence-electron chi connectivity index (χ1n) is 8.57. The summed E-state index contributed by atoms with van der Waals surface area (Å²) in [5, 5.41) is 11.9. The van der Waals surface area contributed by atoms with Gasteiger partial charge in [-0.25, -0.2) is 0 Å². The van der Waals surface area contributed by atoms with Gasteiger partial charge < -0.3 is 14.8 Å². The van der Waals surface area contributed by atoms with E-state index in [1.54, 1.807) is 0 Å². The molecule has 5 nitrogen and oxygen atoms in total. The van der Waals surface area contributed by atoms with E-state index >= 15 is 0 Å². The van der Waals surface area contributed by atoms with Crippen molar-refractivity contribution in [2.75, 3.05) is 13.1 Å². The second-order valence-corrected chi connectivity index (χ2v) is 7.38. The Morgan fingerprint density at radius 2 is 1.72 bits per heavy atom. The van der Waals surface area contributed by atoms with Gasteiger partial charge in [-0.2, -0.15) is 5.26 Å². The normalized spacial score (nSPS) is 15.9. The van der Waals surface area contributed by atoms with Crippen molar-refractivity contribution in [2.24, 2.45) is 5.41 Å². The molecule has 1 fully saturated rings. The van der Waals surface area contributed by atoms with E-state index in [4.69, 9.17) is 5.26 Å². The molecule has 1 N–H and O–H groups in total. The molecule has 136 valence electrons. The third-order valence-corrected chi connectivity index (χ3v) is 4.11. The van der Waals surface area contributed by atoms with Gasteiger partial charge in [-0.3, -0.25) is 4.79 Å². The standard InChI is InChI=1S/C15H18N2O.C5H10O2/c16-8-5-13-1-3-14(4-2-13)11-15(12-18)6-9-17-10-7-15;1-5(2,3)7-4-6/h1-4,12,17H,5-7,9-11H2;4H,1-3H3. The third kappa shape index (κ3) is 7.95. The quantitative estimate of drug-likeness (QED) is 0.831. The minimum absolute atomic E-state index is 0.192. The molecule has 0 bridgehead atoms. The maximum Gasteiger partial charge on any atom is 0.293 e. The highest BCUT2D eigenvalue weighted by molar-refractivity contribution is 5.60. The summed E-state index contributed by atoms with van der Waals surface area (Å²) >= 11 is 0. The number of nitrogens with zero attached hydrogens (tertiary/aromatic N) is 1. The molecule has 2 rings (SSSR count). The van der Waals surface area contributed by atoms with Crippen LogP contribution in [0.1, 0.15) is 44.7 Å². The Hall–Kier alpha value is -2.19. The van der Waals surface area contributed by atoms with Gasteiger partial charge in [0.05, 0.1) is 12.5 Å². The van der Waals surface area contributed by atoms with Gasteiger partial charge in [-0.15, -0.1) is 0 Å². The summed E-state index contributed by atoms with van der Waals surface area (Å²) in [6.07, 6.45) is 4.22. The Balaban J connectivity index is 0.000000381. The topological polar surface area (TPSA) is 79.2 Å². The molecule has 25 heavy (non-hydrogen) atoms. The van der Waals surface area contributed by atoms with Crippen molar-refractivity contribution in [1.82, 2.24) is 5.32 Å². The van der Waals surface area contributed by atoms with E-state index in [0.29, 0.717) is 12.9 Å². The maximum absolute atomic E-state index is 11.4. The summed E-state index contributed by atoms with van der Waals surface area (Å²) in [7, 11) is 0. The number of ether oxygens (including phenoxy) is 1. The Bertz CT molecular complexity index is 576. The number of carbonyl (C=O) groups excluding carboxylic acids is 2. The van der Waals surface area contributed by atoms with Crippen molar-refractivity contribution in [3.05, 3.63) is 35.4 Å². The lowest BCUT2D eigenvalue weighted by Crippen LogP contribution is -2.39. The maximum atomic E-state index is 11.4. The molecule has 0 spiro atoms. The Morgan fingerprint density at radius 3 is 2.12 bits per heavy atom. The van der Waals surface area contributed by atoms with Crippen LogP contribution in [0.5, 0.6) is 0 Å². The highest BCUT2D eigenvalue weighted by Crippen LogP contribution is 2.30. The van der Waals surface area contributed by atoms with E-state index in [0.717, 1.165) is 44.2 Å². The lowest BCUT2D eigenvalue weighted by Gasteiger charge is -2.32. The van der Waals surface area contributed by atoms with E-state index in [1.807, 2.05) is 45.0 Å². The first-order chi connectivity index (χ1) is 11.8. The molecule has 0 unspecified atom stereocenters. The van der Waals surface area contributed by atoms with Crippen molar-refractivity contribution < 1.29 is 14.3 Å². The molecular formula is C20H28N2O3. The van der Waals surface area contributed by atoms with Gasteiger partial charge in [0.25, 0.3) is 6.47 Å². The van der Waals surface area contributed by atoms with Crippen molar-refractivity contribution in [1.29, 1.82) is 5.26 Å². The lowest BCUT2D eigenvalue weighted by atomic mass is 9.75. The van der Waals surface area contributed by atoms with E-state index in [2.05, 4.69) is 16.1 Å². The van der Waals surface area contributed by atoms with E-state index in [1.165, 1.54) is 5.56 Å². The predicted molar refractivity (Wildman–Crippen MR) is 97.0 cm³/mol. The first-order valence-corrected chi connectivity index (χ1v) is 8.57.